The van der Waals surface area contributed by atoms with Gasteiger partial charge in [-0.1, -0.05) is 0 Å². The minimum absolute atomic E-state index is 0.177. The van der Waals surface area contributed by atoms with E-state index in [1.54, 1.807) is 12.4 Å². The Morgan fingerprint density at radius 3 is 2.82 bits per heavy atom. The molecule has 1 saturated heterocycles. The summed E-state index contributed by atoms with van der Waals surface area (Å²) in [5, 5.41) is 6.28. The van der Waals surface area contributed by atoms with Crippen molar-refractivity contribution in [1.82, 2.24) is 24.5 Å². The largest absolute Gasteiger partial charge is 0.361 e. The number of sulfonamides is 1. The Morgan fingerprint density at radius 1 is 1.32 bits per heavy atom. The van der Waals surface area contributed by atoms with Crippen molar-refractivity contribution in [2.75, 3.05) is 25.5 Å². The predicted octanol–water partition coefficient (Wildman–Crippen LogP) is 0.791. The average Bonchev–Trinajstić information content (AvgIpc) is 3.19. The van der Waals surface area contributed by atoms with Crippen molar-refractivity contribution in [1.29, 1.82) is 0 Å². The van der Waals surface area contributed by atoms with Crippen LogP contribution in [0.25, 0.3) is 0 Å². The second-order valence-electron chi connectivity index (χ2n) is 5.40. The first-order valence-corrected chi connectivity index (χ1v) is 8.44. The van der Waals surface area contributed by atoms with Gasteiger partial charge in [0.1, 0.15) is 10.7 Å². The summed E-state index contributed by atoms with van der Waals surface area (Å²) in [5.74, 6) is 0.713. The molecular weight excluding hydrogens is 304 g/mol. The zero-order valence-electron chi connectivity index (χ0n) is 12.5. The van der Waals surface area contributed by atoms with Gasteiger partial charge in [-0.25, -0.2) is 13.4 Å². The van der Waals surface area contributed by atoms with E-state index in [4.69, 9.17) is 0 Å². The van der Waals surface area contributed by atoms with Gasteiger partial charge in [0.15, 0.2) is 0 Å². The Kier molecular flexibility index (Phi) is 3.83. The molecule has 0 spiro atoms. The van der Waals surface area contributed by atoms with Gasteiger partial charge in [0.2, 0.25) is 10.0 Å². The Bertz CT molecular complexity index is 744. The van der Waals surface area contributed by atoms with E-state index >= 15 is 0 Å². The van der Waals surface area contributed by atoms with E-state index < -0.39 is 10.0 Å². The van der Waals surface area contributed by atoms with E-state index in [0.29, 0.717) is 18.1 Å². The van der Waals surface area contributed by atoms with Crippen molar-refractivity contribution < 1.29 is 8.42 Å². The molecule has 1 atom stereocenters. The smallest absolute Gasteiger partial charge is 0.246 e. The lowest BCUT2D eigenvalue weighted by Crippen LogP contribution is -2.31. The first-order chi connectivity index (χ1) is 10.5. The molecule has 0 aromatic carbocycles. The van der Waals surface area contributed by atoms with Crippen LogP contribution in [0, 0.1) is 0 Å². The van der Waals surface area contributed by atoms with E-state index in [-0.39, 0.29) is 10.9 Å². The molecule has 1 fully saturated rings. The monoisotopic (exact) mass is 322 g/mol. The highest BCUT2D eigenvalue weighted by molar-refractivity contribution is 7.89. The maximum absolute atomic E-state index is 12.7. The summed E-state index contributed by atoms with van der Waals surface area (Å²) in [7, 11) is 0.187. The van der Waals surface area contributed by atoms with Crippen molar-refractivity contribution in [3.63, 3.8) is 0 Å². The Hall–Kier alpha value is -2.00. The Labute approximate surface area is 129 Å². The van der Waals surface area contributed by atoms with Crippen LogP contribution >= 0.6 is 0 Å². The zero-order valence-corrected chi connectivity index (χ0v) is 13.3. The van der Waals surface area contributed by atoms with Crippen molar-refractivity contribution in [3.05, 3.63) is 30.5 Å². The van der Waals surface area contributed by atoms with Crippen LogP contribution in [0.1, 0.15) is 24.6 Å². The number of rotatable bonds is 4. The molecule has 1 N–H and O–H groups in total. The zero-order chi connectivity index (χ0) is 15.7. The number of H-pyrrole nitrogens is 1. The quantitative estimate of drug-likeness (QED) is 0.894. The lowest BCUT2D eigenvalue weighted by molar-refractivity contribution is 0.390. The predicted molar refractivity (Wildman–Crippen MR) is 80.8 cm³/mol. The third kappa shape index (κ3) is 2.57. The van der Waals surface area contributed by atoms with Crippen molar-refractivity contribution >= 4 is 15.8 Å². The summed E-state index contributed by atoms with van der Waals surface area (Å²) in [4.78, 5) is 10.7. The fraction of sp³-hybridized carbons (Fsp3) is 0.462. The molecule has 0 bridgehead atoms. The van der Waals surface area contributed by atoms with Gasteiger partial charge in [-0.2, -0.15) is 9.40 Å². The van der Waals surface area contributed by atoms with Gasteiger partial charge in [-0.05, 0) is 12.8 Å². The number of nitrogens with zero attached hydrogens (tertiary/aromatic N) is 5. The molecular formula is C13H18N6O2S. The molecule has 3 rings (SSSR count). The lowest BCUT2D eigenvalue weighted by Gasteiger charge is -2.23. The summed E-state index contributed by atoms with van der Waals surface area (Å²) < 4.78 is 26.9. The van der Waals surface area contributed by atoms with Gasteiger partial charge in [0, 0.05) is 26.8 Å². The molecule has 118 valence electrons. The molecule has 0 saturated carbocycles. The minimum Gasteiger partial charge on any atom is -0.361 e. The van der Waals surface area contributed by atoms with Crippen molar-refractivity contribution in [3.8, 4) is 0 Å². The standard InChI is InChI=1S/C13H18N6O2S/c1-18(2)13-9-14-8-11(17-13)12-4-3-5-19(12)22(20,21)10-6-15-16-7-10/h6-9,12H,3-5H2,1-2H3,(H,15,16)/t12-/m0/s1. The molecule has 0 unspecified atom stereocenters. The summed E-state index contributed by atoms with van der Waals surface area (Å²) in [5.41, 5.74) is 0.677. The molecule has 3 heterocycles. The van der Waals surface area contributed by atoms with E-state index in [1.165, 1.54) is 16.7 Å². The summed E-state index contributed by atoms with van der Waals surface area (Å²) in [6.07, 6.45) is 7.56. The number of nitrogens with one attached hydrogen (secondary N) is 1. The molecule has 8 nitrogen and oxygen atoms in total. The number of hydrogen-bond acceptors (Lipinski definition) is 6. The SMILES string of the molecule is CN(C)c1cncc([C@@H]2CCCN2S(=O)(=O)c2cn[nH]c2)n1. The first-order valence-electron chi connectivity index (χ1n) is 7.00. The summed E-state index contributed by atoms with van der Waals surface area (Å²) >= 11 is 0. The second kappa shape index (κ2) is 5.65. The fourth-order valence-electron chi connectivity index (χ4n) is 2.59. The highest BCUT2D eigenvalue weighted by Crippen LogP contribution is 2.35. The van der Waals surface area contributed by atoms with Gasteiger partial charge in [-0.3, -0.25) is 10.1 Å². The van der Waals surface area contributed by atoms with Crippen molar-refractivity contribution in [2.24, 2.45) is 0 Å². The fourth-order valence-corrected chi connectivity index (χ4v) is 4.16. The topological polar surface area (TPSA) is 95.1 Å². The van der Waals surface area contributed by atoms with E-state index in [1.807, 2.05) is 19.0 Å². The summed E-state index contributed by atoms with van der Waals surface area (Å²) in [6, 6.07) is -0.285. The molecule has 22 heavy (non-hydrogen) atoms. The molecule has 1 aliphatic rings. The maximum Gasteiger partial charge on any atom is 0.246 e. The van der Waals surface area contributed by atoms with Crippen LogP contribution in [0.4, 0.5) is 5.82 Å². The van der Waals surface area contributed by atoms with E-state index in [0.717, 1.165) is 12.8 Å². The van der Waals surface area contributed by atoms with Gasteiger partial charge in [0.05, 0.1) is 30.3 Å². The molecule has 9 heteroatoms. The highest BCUT2D eigenvalue weighted by atomic mass is 32.2. The third-order valence-corrected chi connectivity index (χ3v) is 5.60. The normalized spacial score (nSPS) is 19.5. The molecule has 0 aliphatic carbocycles. The highest BCUT2D eigenvalue weighted by Gasteiger charge is 2.37. The maximum atomic E-state index is 12.7. The summed E-state index contributed by atoms with van der Waals surface area (Å²) in [6.45, 7) is 0.478. The van der Waals surface area contributed by atoms with Gasteiger partial charge >= 0.3 is 0 Å². The van der Waals surface area contributed by atoms with Crippen LogP contribution in [0.2, 0.25) is 0 Å². The van der Waals surface area contributed by atoms with Crippen LogP contribution in [0.15, 0.2) is 29.7 Å². The lowest BCUT2D eigenvalue weighted by atomic mass is 10.2. The number of aromatic nitrogens is 4. The van der Waals surface area contributed by atoms with E-state index in [2.05, 4.69) is 20.2 Å². The van der Waals surface area contributed by atoms with Crippen LogP contribution in [-0.4, -0.2) is 53.5 Å². The van der Waals surface area contributed by atoms with Crippen LogP contribution in [0.5, 0.6) is 0 Å². The molecule has 2 aromatic rings. The molecule has 0 amide bonds. The molecule has 2 aromatic heterocycles. The average molecular weight is 322 g/mol. The Morgan fingerprint density at radius 2 is 2.14 bits per heavy atom. The Balaban J connectivity index is 1.96. The number of aromatic amines is 1. The van der Waals surface area contributed by atoms with E-state index in [9.17, 15) is 8.42 Å². The second-order valence-corrected chi connectivity index (χ2v) is 7.29. The minimum atomic E-state index is -3.57. The van der Waals surface area contributed by atoms with Crippen LogP contribution in [0.3, 0.4) is 0 Å². The van der Waals surface area contributed by atoms with Gasteiger partial charge < -0.3 is 4.90 Å². The molecule has 0 radical (unpaired) electrons. The first kappa shape index (κ1) is 14.9. The van der Waals surface area contributed by atoms with Crippen LogP contribution < -0.4 is 4.90 Å². The van der Waals surface area contributed by atoms with Gasteiger partial charge in [0.25, 0.3) is 0 Å². The van der Waals surface area contributed by atoms with Crippen LogP contribution in [-0.2, 0) is 10.0 Å². The van der Waals surface area contributed by atoms with Crippen molar-refractivity contribution in [2.45, 2.75) is 23.8 Å². The number of anilines is 1. The number of hydrogen-bond donors (Lipinski definition) is 1. The third-order valence-electron chi connectivity index (χ3n) is 3.72. The van der Waals surface area contributed by atoms with Gasteiger partial charge in [-0.15, -0.1) is 0 Å². The molecule has 1 aliphatic heterocycles.